The van der Waals surface area contributed by atoms with Gasteiger partial charge in [0.25, 0.3) is 0 Å². The third kappa shape index (κ3) is 4.12. The summed E-state index contributed by atoms with van der Waals surface area (Å²) in [5.41, 5.74) is 8.70. The van der Waals surface area contributed by atoms with Crippen molar-refractivity contribution in [1.82, 2.24) is 0 Å². The molecule has 1 heteroatoms. The lowest BCUT2D eigenvalue weighted by atomic mass is 9.48. The van der Waals surface area contributed by atoms with Crippen LogP contribution in [-0.2, 0) is 0 Å². The van der Waals surface area contributed by atoms with E-state index in [0.29, 0.717) is 17.3 Å². The molecule has 0 amide bonds. The van der Waals surface area contributed by atoms with Gasteiger partial charge in [-0.2, -0.15) is 0 Å². The van der Waals surface area contributed by atoms with Crippen LogP contribution >= 0.6 is 0 Å². The molecule has 0 aromatic carbocycles. The Labute approximate surface area is 201 Å². The van der Waals surface area contributed by atoms with Crippen molar-refractivity contribution in [2.24, 2.45) is 34.5 Å². The van der Waals surface area contributed by atoms with Gasteiger partial charge in [0.2, 0.25) is 0 Å². The van der Waals surface area contributed by atoms with Gasteiger partial charge in [0, 0.05) is 11.3 Å². The molecule has 4 rings (SSSR count). The second-order valence-corrected chi connectivity index (χ2v) is 11.5. The normalized spacial score (nSPS) is 38.8. The predicted molar refractivity (Wildman–Crippen MR) is 140 cm³/mol. The molecule has 7 atom stereocenters. The Balaban J connectivity index is 1.57. The third-order valence-corrected chi connectivity index (χ3v) is 9.29. The van der Waals surface area contributed by atoms with Gasteiger partial charge in [-0.25, -0.2) is 4.39 Å². The number of rotatable bonds is 10. The van der Waals surface area contributed by atoms with E-state index in [4.69, 9.17) is 0 Å². The van der Waals surface area contributed by atoms with Crippen LogP contribution in [0.3, 0.4) is 0 Å². The zero-order valence-corrected chi connectivity index (χ0v) is 21.3. The molecule has 2 fully saturated rings. The first-order valence-corrected chi connectivity index (χ1v) is 13.2. The third-order valence-electron chi connectivity index (χ3n) is 9.29. The minimum absolute atomic E-state index is 0.0396. The zero-order valence-electron chi connectivity index (χ0n) is 21.3. The number of allylic oxidation sites excluding steroid dienone is 10. The van der Waals surface area contributed by atoms with E-state index in [9.17, 15) is 0 Å². The molecular weight excluding hydrogens is 403 g/mol. The summed E-state index contributed by atoms with van der Waals surface area (Å²) in [6.45, 7) is 17.1. The van der Waals surface area contributed by atoms with Crippen molar-refractivity contribution in [3.8, 4) is 0 Å². The molecule has 33 heavy (non-hydrogen) atoms. The maximum absolute atomic E-state index is 16.1. The van der Waals surface area contributed by atoms with Crippen molar-refractivity contribution in [3.63, 3.8) is 0 Å². The fourth-order valence-corrected chi connectivity index (χ4v) is 7.87. The predicted octanol–water partition coefficient (Wildman–Crippen LogP) is 9.25. The number of halogens is 1. The molecular formula is C32H43F. The highest BCUT2D eigenvalue weighted by Gasteiger charge is 2.79. The summed E-state index contributed by atoms with van der Waals surface area (Å²) in [6.07, 6.45) is 20.8. The van der Waals surface area contributed by atoms with E-state index in [0.717, 1.165) is 43.6 Å². The van der Waals surface area contributed by atoms with Gasteiger partial charge in [-0.05, 0) is 91.8 Å². The molecule has 0 aliphatic heterocycles. The largest absolute Gasteiger partial charge is 0.242 e. The zero-order chi connectivity index (χ0) is 23.8. The molecule has 0 bridgehead atoms. The van der Waals surface area contributed by atoms with Crippen molar-refractivity contribution >= 4 is 0 Å². The van der Waals surface area contributed by atoms with Crippen molar-refractivity contribution in [2.45, 2.75) is 85.2 Å². The van der Waals surface area contributed by atoms with E-state index in [1.54, 1.807) is 0 Å². The van der Waals surface area contributed by atoms with Crippen LogP contribution in [0.1, 0.15) is 79.1 Å². The van der Waals surface area contributed by atoms with E-state index < -0.39 is 6.17 Å². The van der Waals surface area contributed by atoms with E-state index in [1.165, 1.54) is 36.0 Å². The maximum atomic E-state index is 16.1. The van der Waals surface area contributed by atoms with Gasteiger partial charge in [0.1, 0.15) is 6.17 Å². The average molecular weight is 447 g/mol. The smallest absolute Gasteiger partial charge is 0.132 e. The first-order chi connectivity index (χ1) is 15.8. The molecule has 0 aromatic heterocycles. The van der Waals surface area contributed by atoms with Crippen LogP contribution in [0.2, 0.25) is 0 Å². The average Bonchev–Trinajstić information content (AvgIpc) is 3.49. The Hall–Kier alpha value is -1.85. The Kier molecular flexibility index (Phi) is 6.93. The van der Waals surface area contributed by atoms with E-state index in [1.807, 2.05) is 12.2 Å². The molecule has 0 radical (unpaired) electrons. The molecule has 2 saturated carbocycles. The number of hydrogen-bond donors (Lipinski definition) is 0. The van der Waals surface area contributed by atoms with Gasteiger partial charge in [-0.1, -0.05) is 75.8 Å². The maximum Gasteiger partial charge on any atom is 0.132 e. The first-order valence-electron chi connectivity index (χ1n) is 13.2. The number of fused-ring (bicyclic) bond motifs is 1. The van der Waals surface area contributed by atoms with Gasteiger partial charge >= 0.3 is 0 Å². The van der Waals surface area contributed by atoms with Gasteiger partial charge in [0.05, 0.1) is 0 Å². The molecule has 4 aliphatic rings. The topological polar surface area (TPSA) is 0 Å². The molecule has 0 spiro atoms. The Bertz CT molecular complexity index is 951. The minimum Gasteiger partial charge on any atom is -0.242 e. The lowest BCUT2D eigenvalue weighted by Gasteiger charge is -2.55. The Morgan fingerprint density at radius 2 is 2.15 bits per heavy atom. The van der Waals surface area contributed by atoms with Crippen molar-refractivity contribution in [2.75, 3.05) is 0 Å². The second kappa shape index (κ2) is 9.42. The summed E-state index contributed by atoms with van der Waals surface area (Å²) >= 11 is 0. The number of hydrogen-bond acceptors (Lipinski definition) is 0. The van der Waals surface area contributed by atoms with Crippen molar-refractivity contribution in [1.29, 1.82) is 0 Å². The lowest BCUT2D eigenvalue weighted by Crippen LogP contribution is -2.50. The molecule has 178 valence electrons. The summed E-state index contributed by atoms with van der Waals surface area (Å²) in [7, 11) is 0. The van der Waals surface area contributed by atoms with E-state index in [2.05, 4.69) is 70.9 Å². The van der Waals surface area contributed by atoms with Crippen LogP contribution in [0.25, 0.3) is 0 Å². The standard InChI is InChI=1S/C32H43F/c1-7-10-11-16-31(6)28(32(21-29(31)32)26(9-3)13-8-2)20-24-14-12-15-27(30(24)33)25-18-22(4)17-23(5)19-25/h7,12,14-15,17-18,23-24,28-30H,1,3,8,10-11,13,16,19-21H2,2,4-6H3. The van der Waals surface area contributed by atoms with Crippen LogP contribution in [-0.4, -0.2) is 6.17 Å². The van der Waals surface area contributed by atoms with Gasteiger partial charge in [-0.3, -0.25) is 0 Å². The fourth-order valence-electron chi connectivity index (χ4n) is 7.87. The molecule has 0 heterocycles. The van der Waals surface area contributed by atoms with Crippen LogP contribution in [0.4, 0.5) is 4.39 Å². The Morgan fingerprint density at radius 1 is 1.36 bits per heavy atom. The first kappa shape index (κ1) is 24.3. The highest BCUT2D eigenvalue weighted by Crippen LogP contribution is 2.85. The molecule has 0 N–H and O–H groups in total. The van der Waals surface area contributed by atoms with E-state index >= 15 is 4.39 Å². The number of alkyl halides is 1. The molecule has 7 unspecified atom stereocenters. The molecule has 0 aromatic rings. The second-order valence-electron chi connectivity index (χ2n) is 11.5. The minimum atomic E-state index is -0.908. The fraction of sp³-hybridized carbons (Fsp3) is 0.594. The molecule has 4 aliphatic carbocycles. The summed E-state index contributed by atoms with van der Waals surface area (Å²) in [5, 5.41) is 0. The Morgan fingerprint density at radius 3 is 2.82 bits per heavy atom. The summed E-state index contributed by atoms with van der Waals surface area (Å²) in [5.74, 6) is 1.68. The van der Waals surface area contributed by atoms with E-state index in [-0.39, 0.29) is 11.3 Å². The highest BCUT2D eigenvalue weighted by atomic mass is 19.1. The summed E-state index contributed by atoms with van der Waals surface area (Å²) in [6, 6.07) is 0. The monoisotopic (exact) mass is 446 g/mol. The molecule has 0 saturated heterocycles. The van der Waals surface area contributed by atoms with Gasteiger partial charge in [-0.15, -0.1) is 12.3 Å². The van der Waals surface area contributed by atoms with Crippen LogP contribution in [0.5, 0.6) is 0 Å². The SMILES string of the molecule is C=C=C(CCC)C12CC1C(C)(CCCC=C)C2CC1C=CC=C(C2=CC(C)=CC(C)C2)C1F. The van der Waals surface area contributed by atoms with Crippen LogP contribution in [0, 0.1) is 34.5 Å². The van der Waals surface area contributed by atoms with Gasteiger partial charge in [0.15, 0.2) is 0 Å². The van der Waals surface area contributed by atoms with Gasteiger partial charge < -0.3 is 0 Å². The van der Waals surface area contributed by atoms with Crippen molar-refractivity contribution in [3.05, 3.63) is 77.6 Å². The van der Waals surface area contributed by atoms with Crippen LogP contribution < -0.4 is 0 Å². The summed E-state index contributed by atoms with van der Waals surface area (Å²) in [4.78, 5) is 0. The molecule has 0 nitrogen and oxygen atoms in total. The quantitative estimate of drug-likeness (QED) is 0.178. The number of unbranched alkanes of at least 4 members (excludes halogenated alkanes) is 1. The lowest BCUT2D eigenvalue weighted by molar-refractivity contribution is -0.0436. The van der Waals surface area contributed by atoms with Crippen LogP contribution in [0.15, 0.2) is 77.6 Å². The van der Waals surface area contributed by atoms with Crippen molar-refractivity contribution < 1.29 is 4.39 Å². The highest BCUT2D eigenvalue weighted by molar-refractivity contribution is 5.46. The summed E-state index contributed by atoms with van der Waals surface area (Å²) < 4.78 is 16.1.